The lowest BCUT2D eigenvalue weighted by atomic mass is 10.1. The second-order valence-electron chi connectivity index (χ2n) is 5.71. The van der Waals surface area contributed by atoms with Crippen LogP contribution in [-0.2, 0) is 4.79 Å². The second-order valence-corrected chi connectivity index (χ2v) is 5.71. The molecule has 104 valence electrons. The summed E-state index contributed by atoms with van der Waals surface area (Å²) in [4.78, 5) is 16.6. The smallest absolute Gasteiger partial charge is 0.239 e. The van der Waals surface area contributed by atoms with Crippen LogP contribution in [0, 0.1) is 0 Å². The van der Waals surface area contributed by atoms with Crippen molar-refractivity contribution in [2.24, 2.45) is 0 Å². The fourth-order valence-electron chi connectivity index (χ4n) is 3.05. The number of hydrogen-bond donors (Lipinski definition) is 1. The molecule has 0 saturated carbocycles. The van der Waals surface area contributed by atoms with E-state index in [1.807, 2.05) is 11.8 Å². The van der Waals surface area contributed by atoms with Crippen molar-refractivity contribution >= 4 is 5.91 Å². The maximum Gasteiger partial charge on any atom is 0.239 e. The van der Waals surface area contributed by atoms with Crippen molar-refractivity contribution in [3.63, 3.8) is 0 Å². The van der Waals surface area contributed by atoms with Crippen LogP contribution in [-0.4, -0.2) is 59.1 Å². The molecule has 0 aromatic heterocycles. The summed E-state index contributed by atoms with van der Waals surface area (Å²) in [6, 6.07) is -0.0713. The van der Waals surface area contributed by atoms with Crippen molar-refractivity contribution in [2.75, 3.05) is 26.2 Å². The Morgan fingerprint density at radius 3 is 2.39 bits per heavy atom. The van der Waals surface area contributed by atoms with Crippen LogP contribution < -0.4 is 0 Å². The molecule has 1 N–H and O–H groups in total. The van der Waals surface area contributed by atoms with Gasteiger partial charge in [0.05, 0.1) is 12.1 Å². The average Bonchev–Trinajstić information content (AvgIpc) is 2.66. The quantitative estimate of drug-likeness (QED) is 0.806. The van der Waals surface area contributed by atoms with Crippen LogP contribution in [0.2, 0.25) is 0 Å². The van der Waals surface area contributed by atoms with Gasteiger partial charge in [-0.2, -0.15) is 0 Å². The molecular formula is C14H26N2O2. The molecule has 0 radical (unpaired) electrons. The molecule has 2 saturated heterocycles. The van der Waals surface area contributed by atoms with Crippen LogP contribution in [0.25, 0.3) is 0 Å². The van der Waals surface area contributed by atoms with E-state index in [2.05, 4.69) is 4.90 Å². The van der Waals surface area contributed by atoms with Crippen LogP contribution in [0.3, 0.4) is 0 Å². The number of hydrogen-bond acceptors (Lipinski definition) is 3. The summed E-state index contributed by atoms with van der Waals surface area (Å²) in [7, 11) is 0. The van der Waals surface area contributed by atoms with Gasteiger partial charge in [0.15, 0.2) is 0 Å². The first kappa shape index (κ1) is 13.8. The number of aliphatic hydroxyl groups is 1. The van der Waals surface area contributed by atoms with Gasteiger partial charge in [0, 0.05) is 19.6 Å². The molecule has 18 heavy (non-hydrogen) atoms. The van der Waals surface area contributed by atoms with E-state index in [9.17, 15) is 9.90 Å². The number of β-amino-alcohol motifs (C(OH)–C–C–N with tert-alkyl or cyclic N) is 1. The Labute approximate surface area is 110 Å². The van der Waals surface area contributed by atoms with E-state index in [-0.39, 0.29) is 18.1 Å². The van der Waals surface area contributed by atoms with Gasteiger partial charge in [-0.3, -0.25) is 9.69 Å². The highest BCUT2D eigenvalue weighted by molar-refractivity contribution is 5.81. The number of rotatable bonds is 2. The van der Waals surface area contributed by atoms with Gasteiger partial charge < -0.3 is 10.0 Å². The molecule has 1 amide bonds. The first-order chi connectivity index (χ1) is 8.68. The van der Waals surface area contributed by atoms with E-state index in [1.165, 1.54) is 12.8 Å². The summed E-state index contributed by atoms with van der Waals surface area (Å²) >= 11 is 0. The Morgan fingerprint density at radius 1 is 1.11 bits per heavy atom. The molecule has 0 aromatic carbocycles. The van der Waals surface area contributed by atoms with Crippen LogP contribution in [0.5, 0.6) is 0 Å². The summed E-state index contributed by atoms with van der Waals surface area (Å²) < 4.78 is 0. The van der Waals surface area contributed by atoms with Crippen LogP contribution in [0.4, 0.5) is 0 Å². The van der Waals surface area contributed by atoms with Crippen molar-refractivity contribution in [3.8, 4) is 0 Å². The molecular weight excluding hydrogens is 228 g/mol. The Balaban J connectivity index is 1.90. The average molecular weight is 254 g/mol. The molecule has 2 atom stereocenters. The summed E-state index contributed by atoms with van der Waals surface area (Å²) in [5.74, 6) is 0.256. The zero-order chi connectivity index (χ0) is 13.0. The third-order valence-corrected chi connectivity index (χ3v) is 4.25. The van der Waals surface area contributed by atoms with E-state index in [1.54, 1.807) is 0 Å². The van der Waals surface area contributed by atoms with Crippen molar-refractivity contribution in [1.29, 1.82) is 0 Å². The lowest BCUT2D eigenvalue weighted by molar-refractivity contribution is -0.137. The number of carbonyl (C=O) groups excluding carboxylic acids is 1. The van der Waals surface area contributed by atoms with Crippen LogP contribution >= 0.6 is 0 Å². The Morgan fingerprint density at radius 2 is 1.78 bits per heavy atom. The third-order valence-electron chi connectivity index (χ3n) is 4.25. The highest BCUT2D eigenvalue weighted by atomic mass is 16.3. The number of likely N-dealkylation sites (tertiary alicyclic amines) is 2. The first-order valence-electron chi connectivity index (χ1n) is 7.39. The zero-order valence-corrected chi connectivity index (χ0v) is 11.5. The molecule has 4 heteroatoms. The topological polar surface area (TPSA) is 43.8 Å². The molecule has 0 aliphatic carbocycles. The number of nitrogens with zero attached hydrogens (tertiary/aromatic N) is 2. The van der Waals surface area contributed by atoms with Gasteiger partial charge in [-0.25, -0.2) is 0 Å². The minimum absolute atomic E-state index is 0.0713. The molecule has 2 aliphatic heterocycles. The van der Waals surface area contributed by atoms with Crippen molar-refractivity contribution in [1.82, 2.24) is 9.80 Å². The summed E-state index contributed by atoms with van der Waals surface area (Å²) in [5, 5.41) is 9.70. The maximum atomic E-state index is 12.5. The number of aliphatic hydroxyl groups excluding tert-OH is 1. The molecule has 0 spiro atoms. The summed E-state index contributed by atoms with van der Waals surface area (Å²) in [5.41, 5.74) is 0. The molecule has 2 unspecified atom stereocenters. The first-order valence-corrected chi connectivity index (χ1v) is 7.39. The zero-order valence-electron chi connectivity index (χ0n) is 11.5. The van der Waals surface area contributed by atoms with E-state index in [0.717, 1.165) is 45.3 Å². The number of amides is 1. The molecule has 0 aromatic rings. The van der Waals surface area contributed by atoms with Crippen LogP contribution in [0.15, 0.2) is 0 Å². The monoisotopic (exact) mass is 254 g/mol. The largest absolute Gasteiger partial charge is 0.392 e. The normalized spacial score (nSPS) is 28.8. The van der Waals surface area contributed by atoms with Gasteiger partial charge in [-0.1, -0.05) is 12.8 Å². The van der Waals surface area contributed by atoms with E-state index >= 15 is 0 Å². The molecule has 2 rings (SSSR count). The SMILES string of the molecule is CC(C(=O)N1CCCCCC1)N1CCCC(O)C1. The standard InChI is InChI=1S/C14H26N2O2/c1-12(16-10-6-7-13(17)11-16)14(18)15-8-4-2-3-5-9-15/h12-13,17H,2-11H2,1H3. The molecule has 2 heterocycles. The molecule has 2 fully saturated rings. The molecule has 0 bridgehead atoms. The number of piperidine rings is 1. The van der Waals surface area contributed by atoms with Gasteiger partial charge in [0.2, 0.25) is 5.91 Å². The lowest BCUT2D eigenvalue weighted by Gasteiger charge is -2.36. The van der Waals surface area contributed by atoms with Gasteiger partial charge in [0.1, 0.15) is 0 Å². The van der Waals surface area contributed by atoms with Gasteiger partial charge >= 0.3 is 0 Å². The fraction of sp³-hybridized carbons (Fsp3) is 0.929. The van der Waals surface area contributed by atoms with E-state index < -0.39 is 0 Å². The minimum atomic E-state index is -0.252. The number of carbonyl (C=O) groups is 1. The summed E-state index contributed by atoms with van der Waals surface area (Å²) in [6.07, 6.45) is 6.40. The summed E-state index contributed by atoms with van der Waals surface area (Å²) in [6.45, 7) is 5.42. The van der Waals surface area contributed by atoms with Crippen molar-refractivity contribution in [2.45, 2.75) is 57.6 Å². The van der Waals surface area contributed by atoms with Crippen molar-refractivity contribution in [3.05, 3.63) is 0 Å². The Hall–Kier alpha value is -0.610. The van der Waals surface area contributed by atoms with Gasteiger partial charge in [-0.05, 0) is 39.2 Å². The highest BCUT2D eigenvalue weighted by Gasteiger charge is 2.29. The fourth-order valence-corrected chi connectivity index (χ4v) is 3.05. The Kier molecular flexibility index (Phi) is 5.01. The molecule has 4 nitrogen and oxygen atoms in total. The van der Waals surface area contributed by atoms with Crippen molar-refractivity contribution < 1.29 is 9.90 Å². The van der Waals surface area contributed by atoms with E-state index in [4.69, 9.17) is 0 Å². The minimum Gasteiger partial charge on any atom is -0.392 e. The van der Waals surface area contributed by atoms with E-state index in [0.29, 0.717) is 6.54 Å². The van der Waals surface area contributed by atoms with Gasteiger partial charge in [0.25, 0.3) is 0 Å². The van der Waals surface area contributed by atoms with Crippen LogP contribution in [0.1, 0.15) is 45.4 Å². The van der Waals surface area contributed by atoms with Gasteiger partial charge in [-0.15, -0.1) is 0 Å². The lowest BCUT2D eigenvalue weighted by Crippen LogP contribution is -2.51. The highest BCUT2D eigenvalue weighted by Crippen LogP contribution is 2.16. The predicted molar refractivity (Wildman–Crippen MR) is 71.3 cm³/mol. The Bertz CT molecular complexity index is 275. The third kappa shape index (κ3) is 3.45. The maximum absolute atomic E-state index is 12.5. The predicted octanol–water partition coefficient (Wildman–Crippen LogP) is 1.23. The molecule has 2 aliphatic rings. The second kappa shape index (κ2) is 6.53.